The fraction of sp³-hybridized carbons (Fsp3) is 0.350. The molecule has 1 saturated carbocycles. The van der Waals surface area contributed by atoms with Crippen molar-refractivity contribution in [3.63, 3.8) is 0 Å². The van der Waals surface area contributed by atoms with Gasteiger partial charge < -0.3 is 10.4 Å². The summed E-state index contributed by atoms with van der Waals surface area (Å²) in [7, 11) is 0. The van der Waals surface area contributed by atoms with Crippen LogP contribution in [0.25, 0.3) is 0 Å². The standard InChI is InChI=1S/C20H22ClNO2/c21-18-8-6-17(7-9-18)20(11-1-12-20)19(24)22-13-10-15-2-4-16(14-23)5-3-15/h2-9,23H,1,10-14H2,(H,22,24). The number of halogens is 1. The maximum Gasteiger partial charge on any atom is 0.230 e. The van der Waals surface area contributed by atoms with E-state index in [9.17, 15) is 4.79 Å². The molecule has 3 nitrogen and oxygen atoms in total. The molecule has 1 fully saturated rings. The highest BCUT2D eigenvalue weighted by Crippen LogP contribution is 2.44. The van der Waals surface area contributed by atoms with E-state index in [-0.39, 0.29) is 17.9 Å². The third-order valence-electron chi connectivity index (χ3n) is 4.94. The molecular formula is C20H22ClNO2. The van der Waals surface area contributed by atoms with Gasteiger partial charge in [-0.15, -0.1) is 0 Å². The van der Waals surface area contributed by atoms with Crippen molar-refractivity contribution in [2.24, 2.45) is 0 Å². The molecule has 4 heteroatoms. The minimum absolute atomic E-state index is 0.0562. The van der Waals surface area contributed by atoms with Crippen molar-refractivity contribution in [1.82, 2.24) is 5.32 Å². The molecule has 0 heterocycles. The normalized spacial score (nSPS) is 15.6. The van der Waals surface area contributed by atoms with Crippen LogP contribution < -0.4 is 5.32 Å². The molecule has 126 valence electrons. The Balaban J connectivity index is 1.59. The first-order chi connectivity index (χ1) is 11.6. The van der Waals surface area contributed by atoms with Gasteiger partial charge >= 0.3 is 0 Å². The summed E-state index contributed by atoms with van der Waals surface area (Å²) in [4.78, 5) is 12.7. The number of rotatable bonds is 6. The first-order valence-electron chi connectivity index (χ1n) is 8.37. The van der Waals surface area contributed by atoms with Crippen LogP contribution in [-0.4, -0.2) is 17.6 Å². The molecule has 0 aliphatic heterocycles. The number of nitrogens with one attached hydrogen (secondary N) is 1. The molecule has 2 aromatic carbocycles. The number of aliphatic hydroxyl groups is 1. The number of hydrogen-bond acceptors (Lipinski definition) is 2. The Bertz CT molecular complexity index is 691. The Kier molecular flexibility index (Phi) is 5.22. The summed E-state index contributed by atoms with van der Waals surface area (Å²) in [5.74, 6) is 0.114. The lowest BCUT2D eigenvalue weighted by molar-refractivity contribution is -0.129. The summed E-state index contributed by atoms with van der Waals surface area (Å²) in [5, 5.41) is 12.8. The van der Waals surface area contributed by atoms with Crippen molar-refractivity contribution in [2.45, 2.75) is 37.7 Å². The lowest BCUT2D eigenvalue weighted by atomic mass is 9.64. The van der Waals surface area contributed by atoms with Crippen LogP contribution in [0.15, 0.2) is 48.5 Å². The van der Waals surface area contributed by atoms with Gasteiger partial charge in [-0.25, -0.2) is 0 Å². The molecule has 0 atom stereocenters. The largest absolute Gasteiger partial charge is 0.392 e. The molecule has 0 radical (unpaired) electrons. The zero-order valence-electron chi connectivity index (χ0n) is 13.6. The van der Waals surface area contributed by atoms with Crippen molar-refractivity contribution in [3.8, 4) is 0 Å². The lowest BCUT2D eigenvalue weighted by Crippen LogP contribution is -2.49. The van der Waals surface area contributed by atoms with Gasteiger partial charge in [0.1, 0.15) is 0 Å². The van der Waals surface area contributed by atoms with E-state index in [0.717, 1.165) is 42.4 Å². The summed E-state index contributed by atoms with van der Waals surface area (Å²) in [5.41, 5.74) is 2.73. The highest BCUT2D eigenvalue weighted by Gasteiger charge is 2.45. The number of aliphatic hydroxyl groups excluding tert-OH is 1. The fourth-order valence-electron chi connectivity index (χ4n) is 3.25. The molecule has 1 aliphatic carbocycles. The smallest absolute Gasteiger partial charge is 0.230 e. The summed E-state index contributed by atoms with van der Waals surface area (Å²) in [6.07, 6.45) is 3.66. The Labute approximate surface area is 147 Å². The van der Waals surface area contributed by atoms with Crippen LogP contribution in [0.5, 0.6) is 0 Å². The fourth-order valence-corrected chi connectivity index (χ4v) is 3.37. The second-order valence-corrected chi connectivity index (χ2v) is 6.86. The monoisotopic (exact) mass is 343 g/mol. The zero-order valence-corrected chi connectivity index (χ0v) is 14.4. The number of hydrogen-bond donors (Lipinski definition) is 2. The van der Waals surface area contributed by atoms with Gasteiger partial charge in [0, 0.05) is 11.6 Å². The molecule has 2 N–H and O–H groups in total. The highest BCUT2D eigenvalue weighted by molar-refractivity contribution is 6.30. The van der Waals surface area contributed by atoms with Crippen molar-refractivity contribution in [2.75, 3.05) is 6.54 Å². The quantitative estimate of drug-likeness (QED) is 0.841. The Morgan fingerprint density at radius 3 is 2.21 bits per heavy atom. The summed E-state index contributed by atoms with van der Waals surface area (Å²) in [6, 6.07) is 15.5. The number of amides is 1. The van der Waals surface area contributed by atoms with Gasteiger partial charge in [0.15, 0.2) is 0 Å². The van der Waals surface area contributed by atoms with Crippen molar-refractivity contribution < 1.29 is 9.90 Å². The number of benzene rings is 2. The van der Waals surface area contributed by atoms with Gasteiger partial charge in [-0.3, -0.25) is 4.79 Å². The maximum absolute atomic E-state index is 12.7. The molecule has 0 aromatic heterocycles. The van der Waals surface area contributed by atoms with E-state index in [2.05, 4.69) is 5.32 Å². The van der Waals surface area contributed by atoms with Crippen molar-refractivity contribution >= 4 is 17.5 Å². The predicted molar refractivity (Wildman–Crippen MR) is 96.1 cm³/mol. The van der Waals surface area contributed by atoms with Gasteiger partial charge in [0.25, 0.3) is 0 Å². The number of carbonyl (C=O) groups is 1. The van der Waals surface area contributed by atoms with Crippen LogP contribution in [0.4, 0.5) is 0 Å². The average molecular weight is 344 g/mol. The Hall–Kier alpha value is -1.84. The molecule has 0 unspecified atom stereocenters. The third kappa shape index (κ3) is 3.47. The van der Waals surface area contributed by atoms with E-state index in [1.807, 2.05) is 48.5 Å². The molecule has 1 amide bonds. The van der Waals surface area contributed by atoms with E-state index in [0.29, 0.717) is 11.6 Å². The summed E-state index contributed by atoms with van der Waals surface area (Å²) >= 11 is 5.96. The van der Waals surface area contributed by atoms with E-state index < -0.39 is 0 Å². The SMILES string of the molecule is O=C(NCCc1ccc(CO)cc1)C1(c2ccc(Cl)cc2)CCC1. The molecule has 0 saturated heterocycles. The van der Waals surface area contributed by atoms with Crippen LogP contribution in [0, 0.1) is 0 Å². The zero-order chi connectivity index (χ0) is 17.0. The minimum atomic E-state index is -0.384. The Morgan fingerprint density at radius 1 is 1.04 bits per heavy atom. The van der Waals surface area contributed by atoms with E-state index in [1.165, 1.54) is 0 Å². The maximum atomic E-state index is 12.7. The van der Waals surface area contributed by atoms with Gasteiger partial charge in [-0.1, -0.05) is 54.4 Å². The first-order valence-corrected chi connectivity index (χ1v) is 8.75. The van der Waals surface area contributed by atoms with Crippen LogP contribution in [0.1, 0.15) is 36.0 Å². The molecular weight excluding hydrogens is 322 g/mol. The Morgan fingerprint density at radius 2 is 1.67 bits per heavy atom. The molecule has 24 heavy (non-hydrogen) atoms. The van der Waals surface area contributed by atoms with Crippen LogP contribution in [-0.2, 0) is 23.2 Å². The van der Waals surface area contributed by atoms with Gasteiger partial charge in [0.05, 0.1) is 12.0 Å². The van der Waals surface area contributed by atoms with E-state index in [4.69, 9.17) is 16.7 Å². The summed E-state index contributed by atoms with van der Waals surface area (Å²) in [6.45, 7) is 0.674. The highest BCUT2D eigenvalue weighted by atomic mass is 35.5. The molecule has 2 aromatic rings. The van der Waals surface area contributed by atoms with Gasteiger partial charge in [0.2, 0.25) is 5.91 Å². The second kappa shape index (κ2) is 7.37. The van der Waals surface area contributed by atoms with Crippen molar-refractivity contribution in [3.05, 3.63) is 70.2 Å². The van der Waals surface area contributed by atoms with Crippen LogP contribution in [0.3, 0.4) is 0 Å². The first kappa shape index (κ1) is 17.0. The molecule has 0 spiro atoms. The minimum Gasteiger partial charge on any atom is -0.392 e. The second-order valence-electron chi connectivity index (χ2n) is 6.42. The van der Waals surface area contributed by atoms with Crippen molar-refractivity contribution in [1.29, 1.82) is 0 Å². The lowest BCUT2D eigenvalue weighted by Gasteiger charge is -2.40. The summed E-state index contributed by atoms with van der Waals surface area (Å²) < 4.78 is 0. The third-order valence-corrected chi connectivity index (χ3v) is 5.20. The van der Waals surface area contributed by atoms with E-state index >= 15 is 0 Å². The van der Waals surface area contributed by atoms with Crippen LogP contribution in [0.2, 0.25) is 5.02 Å². The molecule has 3 rings (SSSR count). The number of carbonyl (C=O) groups excluding carboxylic acids is 1. The van der Waals surface area contributed by atoms with Gasteiger partial charge in [-0.05, 0) is 48.1 Å². The average Bonchev–Trinajstić information content (AvgIpc) is 2.56. The predicted octanol–water partition coefficient (Wildman–Crippen LogP) is 3.61. The van der Waals surface area contributed by atoms with E-state index in [1.54, 1.807) is 0 Å². The van der Waals surface area contributed by atoms with Crippen LogP contribution >= 0.6 is 11.6 Å². The molecule has 0 bridgehead atoms. The topological polar surface area (TPSA) is 49.3 Å². The van der Waals surface area contributed by atoms with Gasteiger partial charge in [-0.2, -0.15) is 0 Å². The molecule has 1 aliphatic rings.